The molecule has 4 heteroatoms. The van der Waals surface area contributed by atoms with Gasteiger partial charge in [0.25, 0.3) is 0 Å². The molecule has 2 aromatic carbocycles. The van der Waals surface area contributed by atoms with E-state index in [4.69, 9.17) is 10.2 Å². The van der Waals surface area contributed by atoms with E-state index in [0.29, 0.717) is 11.1 Å². The summed E-state index contributed by atoms with van der Waals surface area (Å²) in [6, 6.07) is 13.5. The highest BCUT2D eigenvalue weighted by atomic mass is 16.4. The Morgan fingerprint density at radius 3 is 1.10 bits per heavy atom. The van der Waals surface area contributed by atoms with Gasteiger partial charge < -0.3 is 10.2 Å². The zero-order valence-electron chi connectivity index (χ0n) is 11.3. The predicted octanol–water partition coefficient (Wildman–Crippen LogP) is 3.39. The van der Waals surface area contributed by atoms with Crippen LogP contribution in [0.5, 0.6) is 0 Å². The Balaban J connectivity index is 0.000000200. The van der Waals surface area contributed by atoms with Crippen LogP contribution in [0.4, 0.5) is 0 Å². The van der Waals surface area contributed by atoms with E-state index in [2.05, 4.69) is 0 Å². The molecule has 0 aromatic heterocycles. The Hall–Kier alpha value is -2.62. The number of hydrogen-bond acceptors (Lipinski definition) is 2. The Morgan fingerprint density at radius 2 is 0.900 bits per heavy atom. The Morgan fingerprint density at radius 1 is 0.650 bits per heavy atom. The molecule has 104 valence electrons. The van der Waals surface area contributed by atoms with Crippen LogP contribution in [-0.2, 0) is 0 Å². The van der Waals surface area contributed by atoms with Gasteiger partial charge in [-0.1, -0.05) is 35.4 Å². The lowest BCUT2D eigenvalue weighted by molar-refractivity contribution is 0.0686. The summed E-state index contributed by atoms with van der Waals surface area (Å²) in [5.74, 6) is -1.75. The molecule has 0 aliphatic carbocycles. The standard InChI is InChI=1S/2C8H8O2/c2*1-6-2-4-7(5-3-6)8(9)10/h2*2-5H,1H3,(H,9,10). The molecule has 0 unspecified atom stereocenters. The molecule has 20 heavy (non-hydrogen) atoms. The minimum absolute atomic E-state index is 0.339. The van der Waals surface area contributed by atoms with E-state index in [1.165, 1.54) is 0 Å². The second-order valence-electron chi connectivity index (χ2n) is 4.34. The summed E-state index contributed by atoms with van der Waals surface area (Å²) in [6.45, 7) is 3.84. The molecular weight excluding hydrogens is 256 g/mol. The van der Waals surface area contributed by atoms with E-state index in [1.807, 2.05) is 13.8 Å². The van der Waals surface area contributed by atoms with Crippen LogP contribution < -0.4 is 0 Å². The largest absolute Gasteiger partial charge is 0.478 e. The lowest BCUT2D eigenvalue weighted by atomic mass is 10.2. The number of aryl methyl sites for hydroxylation is 2. The van der Waals surface area contributed by atoms with Crippen molar-refractivity contribution in [1.29, 1.82) is 0 Å². The maximum absolute atomic E-state index is 10.3. The molecule has 0 saturated heterocycles. The minimum Gasteiger partial charge on any atom is -0.478 e. The van der Waals surface area contributed by atoms with Crippen LogP contribution in [0.2, 0.25) is 0 Å². The fourth-order valence-corrected chi connectivity index (χ4v) is 1.39. The van der Waals surface area contributed by atoms with Crippen molar-refractivity contribution in [3.05, 3.63) is 70.8 Å². The van der Waals surface area contributed by atoms with Gasteiger partial charge in [-0.2, -0.15) is 0 Å². The molecule has 0 atom stereocenters. The van der Waals surface area contributed by atoms with E-state index < -0.39 is 11.9 Å². The van der Waals surface area contributed by atoms with E-state index in [9.17, 15) is 9.59 Å². The van der Waals surface area contributed by atoms with E-state index >= 15 is 0 Å². The van der Waals surface area contributed by atoms with Gasteiger partial charge in [-0.25, -0.2) is 9.59 Å². The SMILES string of the molecule is Cc1ccc(C(=O)O)cc1.Cc1ccc(C(=O)O)cc1. The fraction of sp³-hybridized carbons (Fsp3) is 0.125. The van der Waals surface area contributed by atoms with Gasteiger partial charge >= 0.3 is 11.9 Å². The highest BCUT2D eigenvalue weighted by Crippen LogP contribution is 2.02. The third-order valence-corrected chi connectivity index (χ3v) is 2.60. The monoisotopic (exact) mass is 272 g/mol. The Labute approximate surface area is 117 Å². The van der Waals surface area contributed by atoms with Crippen molar-refractivity contribution in [1.82, 2.24) is 0 Å². The van der Waals surface area contributed by atoms with Crippen molar-refractivity contribution >= 4 is 11.9 Å². The summed E-state index contributed by atoms with van der Waals surface area (Å²) < 4.78 is 0. The number of carboxylic acids is 2. The van der Waals surface area contributed by atoms with E-state index in [-0.39, 0.29) is 0 Å². The van der Waals surface area contributed by atoms with Gasteiger partial charge in [0.2, 0.25) is 0 Å². The topological polar surface area (TPSA) is 74.6 Å². The number of rotatable bonds is 2. The predicted molar refractivity (Wildman–Crippen MR) is 76.3 cm³/mol. The second-order valence-corrected chi connectivity index (χ2v) is 4.34. The lowest BCUT2D eigenvalue weighted by Crippen LogP contribution is -1.94. The summed E-state index contributed by atoms with van der Waals surface area (Å²) in [7, 11) is 0. The minimum atomic E-state index is -0.875. The first kappa shape index (κ1) is 15.4. The van der Waals surface area contributed by atoms with Crippen molar-refractivity contribution in [3.8, 4) is 0 Å². The number of benzene rings is 2. The first-order valence-electron chi connectivity index (χ1n) is 6.00. The molecule has 2 N–H and O–H groups in total. The van der Waals surface area contributed by atoms with Gasteiger partial charge in [-0.15, -0.1) is 0 Å². The maximum atomic E-state index is 10.3. The molecule has 2 rings (SSSR count). The second kappa shape index (κ2) is 7.09. The third-order valence-electron chi connectivity index (χ3n) is 2.60. The highest BCUT2D eigenvalue weighted by molar-refractivity contribution is 5.87. The van der Waals surface area contributed by atoms with Gasteiger partial charge in [0.05, 0.1) is 11.1 Å². The summed E-state index contributed by atoms with van der Waals surface area (Å²) in [5.41, 5.74) is 2.83. The number of carboxylic acid groups (broad SMARTS) is 2. The molecule has 0 bridgehead atoms. The van der Waals surface area contributed by atoms with Crippen LogP contribution in [0.25, 0.3) is 0 Å². The molecule has 0 saturated carbocycles. The first-order chi connectivity index (χ1) is 9.40. The van der Waals surface area contributed by atoms with Crippen LogP contribution >= 0.6 is 0 Å². The molecule has 0 radical (unpaired) electrons. The molecule has 4 nitrogen and oxygen atoms in total. The molecular formula is C16H16O4. The van der Waals surface area contributed by atoms with E-state index in [0.717, 1.165) is 11.1 Å². The van der Waals surface area contributed by atoms with Gasteiger partial charge in [0.15, 0.2) is 0 Å². The Bertz CT molecular complexity index is 527. The van der Waals surface area contributed by atoms with Crippen molar-refractivity contribution in [2.75, 3.05) is 0 Å². The molecule has 0 heterocycles. The molecule has 2 aromatic rings. The number of hydrogen-bond donors (Lipinski definition) is 2. The van der Waals surface area contributed by atoms with Crippen LogP contribution in [-0.4, -0.2) is 22.2 Å². The maximum Gasteiger partial charge on any atom is 0.335 e. The van der Waals surface area contributed by atoms with Gasteiger partial charge in [0.1, 0.15) is 0 Å². The summed E-state index contributed by atoms with van der Waals surface area (Å²) in [4.78, 5) is 20.6. The van der Waals surface area contributed by atoms with Crippen LogP contribution in [0, 0.1) is 13.8 Å². The zero-order chi connectivity index (χ0) is 15.1. The van der Waals surface area contributed by atoms with Crippen LogP contribution in [0.15, 0.2) is 48.5 Å². The van der Waals surface area contributed by atoms with Crippen LogP contribution in [0.1, 0.15) is 31.8 Å². The highest BCUT2D eigenvalue weighted by Gasteiger charge is 1.99. The zero-order valence-corrected chi connectivity index (χ0v) is 11.3. The van der Waals surface area contributed by atoms with E-state index in [1.54, 1.807) is 48.5 Å². The molecule has 0 spiro atoms. The van der Waals surface area contributed by atoms with Crippen molar-refractivity contribution in [2.45, 2.75) is 13.8 Å². The molecule has 0 amide bonds. The third kappa shape index (κ3) is 4.94. The summed E-state index contributed by atoms with van der Waals surface area (Å²) in [5, 5.41) is 17.0. The average Bonchev–Trinajstić information content (AvgIpc) is 2.40. The fourth-order valence-electron chi connectivity index (χ4n) is 1.39. The average molecular weight is 272 g/mol. The quantitative estimate of drug-likeness (QED) is 0.878. The van der Waals surface area contributed by atoms with Crippen molar-refractivity contribution < 1.29 is 19.8 Å². The smallest absolute Gasteiger partial charge is 0.335 e. The van der Waals surface area contributed by atoms with Crippen molar-refractivity contribution in [2.24, 2.45) is 0 Å². The van der Waals surface area contributed by atoms with Crippen molar-refractivity contribution in [3.63, 3.8) is 0 Å². The number of carbonyl (C=O) groups is 2. The normalized spacial score (nSPS) is 9.30. The lowest BCUT2D eigenvalue weighted by Gasteiger charge is -1.92. The van der Waals surface area contributed by atoms with Gasteiger partial charge in [-0.05, 0) is 38.1 Å². The summed E-state index contributed by atoms with van der Waals surface area (Å²) in [6.07, 6.45) is 0. The molecule has 0 fully saturated rings. The van der Waals surface area contributed by atoms with Crippen LogP contribution in [0.3, 0.4) is 0 Å². The first-order valence-corrected chi connectivity index (χ1v) is 6.00. The Kier molecular flexibility index (Phi) is 5.47. The van der Waals surface area contributed by atoms with Gasteiger partial charge in [-0.3, -0.25) is 0 Å². The molecule has 0 aliphatic rings. The molecule has 0 aliphatic heterocycles. The number of aromatic carboxylic acids is 2. The summed E-state index contributed by atoms with van der Waals surface area (Å²) >= 11 is 0. The van der Waals surface area contributed by atoms with Gasteiger partial charge in [0, 0.05) is 0 Å².